The van der Waals surface area contributed by atoms with Crippen molar-refractivity contribution < 1.29 is 5.11 Å². The summed E-state index contributed by atoms with van der Waals surface area (Å²) in [7, 11) is 0. The summed E-state index contributed by atoms with van der Waals surface area (Å²) in [6.45, 7) is 8.03. The summed E-state index contributed by atoms with van der Waals surface area (Å²) in [6, 6.07) is -0.444. The Labute approximate surface area is 80.5 Å². The molecular weight excluding hydrogens is 166 g/mol. The molecule has 0 rings (SSSR count). The predicted octanol–water partition coefficient (Wildman–Crippen LogP) is 2.57. The number of hydrogen-bond donors (Lipinski definition) is 1. The summed E-state index contributed by atoms with van der Waals surface area (Å²) < 4.78 is 0. The van der Waals surface area contributed by atoms with Gasteiger partial charge in [-0.25, -0.2) is 0 Å². The minimum Gasteiger partial charge on any atom is -0.391 e. The molecule has 0 heterocycles. The first-order chi connectivity index (χ1) is 6.08. The largest absolute Gasteiger partial charge is 0.391 e. The van der Waals surface area contributed by atoms with Crippen LogP contribution in [-0.2, 0) is 0 Å². The van der Waals surface area contributed by atoms with E-state index < -0.39 is 12.1 Å². The van der Waals surface area contributed by atoms with E-state index >= 15 is 0 Å². The van der Waals surface area contributed by atoms with Crippen LogP contribution in [-0.4, -0.2) is 17.3 Å². The Kier molecular flexibility index (Phi) is 5.88. The molecule has 0 fully saturated rings. The first-order valence-corrected chi connectivity index (χ1v) is 5.08. The molecule has 0 aromatic rings. The number of nitrogens with zero attached hydrogens (tertiary/aromatic N) is 1. The summed E-state index contributed by atoms with van der Waals surface area (Å²) in [5.74, 6) is 0.598. The van der Waals surface area contributed by atoms with Gasteiger partial charge in [0.15, 0.2) is 0 Å². The van der Waals surface area contributed by atoms with E-state index in [9.17, 15) is 10.0 Å². The molecule has 0 aliphatic heterocycles. The fraction of sp³-hybridized carbons (Fsp3) is 1.00. The van der Waals surface area contributed by atoms with Crippen LogP contribution in [0, 0.1) is 16.7 Å². The van der Waals surface area contributed by atoms with E-state index in [4.69, 9.17) is 0 Å². The molecule has 0 aliphatic rings. The monoisotopic (exact) mass is 187 g/mol. The molecule has 1 N–H and O–H groups in total. The van der Waals surface area contributed by atoms with Gasteiger partial charge in [-0.2, -0.15) is 4.91 Å². The van der Waals surface area contributed by atoms with Gasteiger partial charge in [0.05, 0.1) is 6.10 Å². The van der Waals surface area contributed by atoms with Crippen molar-refractivity contribution in [1.82, 2.24) is 0 Å². The Balaban J connectivity index is 4.29. The Morgan fingerprint density at radius 2 is 1.77 bits per heavy atom. The van der Waals surface area contributed by atoms with Crippen molar-refractivity contribution in [3.63, 3.8) is 0 Å². The normalized spacial score (nSPS) is 20.4. The topological polar surface area (TPSA) is 49.7 Å². The molecule has 0 aliphatic carbocycles. The molecule has 13 heavy (non-hydrogen) atoms. The molecule has 0 bridgehead atoms. The van der Waals surface area contributed by atoms with Gasteiger partial charge in [-0.05, 0) is 18.3 Å². The predicted molar refractivity (Wildman–Crippen MR) is 54.5 cm³/mol. The zero-order valence-corrected chi connectivity index (χ0v) is 9.03. The quantitative estimate of drug-likeness (QED) is 0.650. The highest BCUT2D eigenvalue weighted by Gasteiger charge is 2.28. The maximum absolute atomic E-state index is 10.6. The highest BCUT2D eigenvalue weighted by Crippen LogP contribution is 2.23. The third-order valence-corrected chi connectivity index (χ3v) is 3.01. The van der Waals surface area contributed by atoms with Gasteiger partial charge in [-0.15, -0.1) is 0 Å². The van der Waals surface area contributed by atoms with Crippen molar-refractivity contribution in [3.05, 3.63) is 4.91 Å². The number of nitroso groups, excluding NO2 is 1. The van der Waals surface area contributed by atoms with Crippen molar-refractivity contribution in [2.24, 2.45) is 17.0 Å². The van der Waals surface area contributed by atoms with Crippen molar-refractivity contribution in [3.8, 4) is 0 Å². The van der Waals surface area contributed by atoms with Crippen molar-refractivity contribution in [2.75, 3.05) is 0 Å². The van der Waals surface area contributed by atoms with Gasteiger partial charge in [0.25, 0.3) is 0 Å². The fourth-order valence-corrected chi connectivity index (χ4v) is 1.47. The van der Waals surface area contributed by atoms with Crippen molar-refractivity contribution >= 4 is 0 Å². The molecule has 0 aromatic carbocycles. The summed E-state index contributed by atoms with van der Waals surface area (Å²) in [6.07, 6.45) is 1.03. The summed E-state index contributed by atoms with van der Waals surface area (Å²) in [5.41, 5.74) is 0. The lowest BCUT2D eigenvalue weighted by molar-refractivity contribution is 0.101. The van der Waals surface area contributed by atoms with Crippen LogP contribution in [0.2, 0.25) is 0 Å². The average Bonchev–Trinajstić information content (AvgIpc) is 2.17. The van der Waals surface area contributed by atoms with E-state index in [1.165, 1.54) is 0 Å². The van der Waals surface area contributed by atoms with E-state index in [0.29, 0.717) is 12.3 Å². The fourth-order valence-electron chi connectivity index (χ4n) is 1.47. The Hall–Kier alpha value is -0.440. The molecule has 0 amide bonds. The lowest BCUT2D eigenvalue weighted by Gasteiger charge is -2.26. The van der Waals surface area contributed by atoms with Crippen molar-refractivity contribution in [1.29, 1.82) is 0 Å². The van der Waals surface area contributed by atoms with Gasteiger partial charge in [-0.3, -0.25) is 0 Å². The minimum absolute atomic E-state index is 0.164. The Morgan fingerprint density at radius 1 is 1.23 bits per heavy atom. The molecule has 3 heteroatoms. The van der Waals surface area contributed by atoms with Crippen LogP contribution in [0.3, 0.4) is 0 Å². The second kappa shape index (κ2) is 6.08. The van der Waals surface area contributed by atoms with Gasteiger partial charge >= 0.3 is 0 Å². The summed E-state index contributed by atoms with van der Waals surface area (Å²) in [4.78, 5) is 10.6. The van der Waals surface area contributed by atoms with Crippen LogP contribution >= 0.6 is 0 Å². The zero-order chi connectivity index (χ0) is 10.4. The number of aliphatic hydroxyl groups is 1. The molecular formula is C10H21NO2. The first-order valence-electron chi connectivity index (χ1n) is 5.08. The second-order valence-corrected chi connectivity index (χ2v) is 3.82. The number of hydrogen-bond acceptors (Lipinski definition) is 3. The lowest BCUT2D eigenvalue weighted by atomic mass is 9.84. The van der Waals surface area contributed by atoms with Gasteiger partial charge < -0.3 is 5.11 Å². The summed E-state index contributed by atoms with van der Waals surface area (Å²) in [5, 5.41) is 12.6. The number of aliphatic hydroxyl groups excluding tert-OH is 1. The zero-order valence-electron chi connectivity index (χ0n) is 9.03. The smallest absolute Gasteiger partial charge is 0.120 e. The van der Waals surface area contributed by atoms with Gasteiger partial charge in [0, 0.05) is 0 Å². The SMILES string of the molecule is CCC(O)C(N=O)[C@@H](C)[C@H](C)CC. The third kappa shape index (κ3) is 3.43. The molecule has 3 nitrogen and oxygen atoms in total. The highest BCUT2D eigenvalue weighted by atomic mass is 16.3. The molecule has 4 atom stereocenters. The first kappa shape index (κ1) is 12.6. The summed E-state index contributed by atoms with van der Waals surface area (Å²) >= 11 is 0. The van der Waals surface area contributed by atoms with Crippen LogP contribution < -0.4 is 0 Å². The number of rotatable bonds is 6. The van der Waals surface area contributed by atoms with E-state index in [1.807, 2.05) is 13.8 Å². The molecule has 0 saturated heterocycles. The van der Waals surface area contributed by atoms with E-state index in [0.717, 1.165) is 6.42 Å². The van der Waals surface area contributed by atoms with Crippen LogP contribution in [0.1, 0.15) is 40.5 Å². The van der Waals surface area contributed by atoms with Crippen LogP contribution in [0.5, 0.6) is 0 Å². The lowest BCUT2D eigenvalue weighted by Crippen LogP contribution is -2.33. The van der Waals surface area contributed by atoms with E-state index in [-0.39, 0.29) is 5.92 Å². The van der Waals surface area contributed by atoms with Crippen LogP contribution in [0.4, 0.5) is 0 Å². The van der Waals surface area contributed by atoms with Crippen LogP contribution in [0.25, 0.3) is 0 Å². The average molecular weight is 187 g/mol. The Bertz CT molecular complexity index is 150. The Morgan fingerprint density at radius 3 is 2.08 bits per heavy atom. The van der Waals surface area contributed by atoms with Gasteiger partial charge in [0.1, 0.15) is 6.04 Å². The molecule has 0 spiro atoms. The maximum Gasteiger partial charge on any atom is 0.120 e. The molecule has 0 radical (unpaired) electrons. The maximum atomic E-state index is 10.6. The molecule has 0 saturated carbocycles. The van der Waals surface area contributed by atoms with Gasteiger partial charge in [-0.1, -0.05) is 39.3 Å². The molecule has 2 unspecified atom stereocenters. The molecule has 0 aromatic heterocycles. The van der Waals surface area contributed by atoms with E-state index in [2.05, 4.69) is 19.0 Å². The standard InChI is InChI=1S/C10H21NO2/c1-5-7(3)8(4)10(11-13)9(12)6-2/h7-10,12H,5-6H2,1-4H3/t7-,8+,9?,10?/m1/s1. The molecule has 78 valence electrons. The highest BCUT2D eigenvalue weighted by molar-refractivity contribution is 4.81. The third-order valence-electron chi connectivity index (χ3n) is 3.01. The van der Waals surface area contributed by atoms with Gasteiger partial charge in [0.2, 0.25) is 0 Å². The van der Waals surface area contributed by atoms with Crippen LogP contribution in [0.15, 0.2) is 5.18 Å². The van der Waals surface area contributed by atoms with Crippen molar-refractivity contribution in [2.45, 2.75) is 52.7 Å². The minimum atomic E-state index is -0.582. The van der Waals surface area contributed by atoms with E-state index in [1.54, 1.807) is 0 Å². The second-order valence-electron chi connectivity index (χ2n) is 3.82.